The molecule has 5 aromatic rings. The molecule has 2 aromatic heterocycles. The number of hydrogen-bond acceptors (Lipinski definition) is 8. The van der Waals surface area contributed by atoms with Gasteiger partial charge in [-0.1, -0.05) is 54.2 Å². The number of carbonyl (C=O) groups is 2. The summed E-state index contributed by atoms with van der Waals surface area (Å²) >= 11 is 1.46. The second-order valence-electron chi connectivity index (χ2n) is 13.9. The first kappa shape index (κ1) is 32.8. The Bertz CT molecular complexity index is 1990. The molecule has 0 unspecified atom stereocenters. The predicted octanol–water partition coefficient (Wildman–Crippen LogP) is 9.15. The number of benzene rings is 3. The molecule has 0 atom stereocenters. The van der Waals surface area contributed by atoms with Gasteiger partial charge in [0.1, 0.15) is 17.2 Å². The summed E-state index contributed by atoms with van der Waals surface area (Å²) in [6.07, 6.45) is 6.71. The number of fused-ring (bicyclic) bond motifs is 2. The van der Waals surface area contributed by atoms with Crippen LogP contribution in [0.2, 0.25) is 0 Å². The van der Waals surface area contributed by atoms with E-state index in [-0.39, 0.29) is 17.7 Å². The van der Waals surface area contributed by atoms with Crippen LogP contribution in [0.15, 0.2) is 72.8 Å². The lowest BCUT2D eigenvalue weighted by Crippen LogP contribution is -2.33. The van der Waals surface area contributed by atoms with Gasteiger partial charge < -0.3 is 14.4 Å². The van der Waals surface area contributed by atoms with E-state index in [1.54, 1.807) is 0 Å². The van der Waals surface area contributed by atoms with Gasteiger partial charge in [0.2, 0.25) is 0 Å². The summed E-state index contributed by atoms with van der Waals surface area (Å²) in [5.74, 6) is 0.828. The van der Waals surface area contributed by atoms with Crippen LogP contribution in [-0.2, 0) is 17.7 Å². The molecule has 49 heavy (non-hydrogen) atoms. The summed E-state index contributed by atoms with van der Waals surface area (Å²) in [6, 6.07) is 23.7. The molecule has 252 valence electrons. The minimum absolute atomic E-state index is 0.193. The fraction of sp³-hybridized carbons (Fsp3) is 0.350. The first-order chi connectivity index (χ1) is 23.6. The topological polar surface area (TPSA) is 93.6 Å². The van der Waals surface area contributed by atoms with Crippen LogP contribution in [0.25, 0.3) is 21.3 Å². The summed E-state index contributed by atoms with van der Waals surface area (Å²) in [7, 11) is 0. The molecule has 1 aliphatic heterocycles. The molecule has 1 fully saturated rings. The average Bonchev–Trinajstić information content (AvgIpc) is 3.50. The first-order valence-corrected chi connectivity index (χ1v) is 18.0. The van der Waals surface area contributed by atoms with Gasteiger partial charge in [-0.05, 0) is 118 Å². The Kier molecular flexibility index (Phi) is 9.11. The van der Waals surface area contributed by atoms with Gasteiger partial charge in [0.05, 0.1) is 16.3 Å². The number of carbonyl (C=O) groups excluding carboxylic acids is 2. The van der Waals surface area contributed by atoms with E-state index in [4.69, 9.17) is 14.5 Å². The molecule has 1 aliphatic carbocycles. The lowest BCUT2D eigenvalue weighted by Gasteiger charge is -2.31. The van der Waals surface area contributed by atoms with Crippen molar-refractivity contribution in [3.63, 3.8) is 0 Å². The van der Waals surface area contributed by atoms with Crippen molar-refractivity contribution < 1.29 is 19.1 Å². The summed E-state index contributed by atoms with van der Waals surface area (Å²) in [4.78, 5) is 39.1. The highest BCUT2D eigenvalue weighted by Crippen LogP contribution is 2.36. The van der Waals surface area contributed by atoms with E-state index in [1.807, 2.05) is 94.4 Å². The van der Waals surface area contributed by atoms with Gasteiger partial charge >= 0.3 is 5.97 Å². The molecule has 1 saturated carbocycles. The number of para-hydroxylation sites is 1. The van der Waals surface area contributed by atoms with Crippen LogP contribution in [-0.4, -0.2) is 40.1 Å². The largest absolute Gasteiger partial charge is 0.490 e. The van der Waals surface area contributed by atoms with Crippen LogP contribution in [0.4, 0.5) is 10.9 Å². The lowest BCUT2D eigenvalue weighted by molar-refractivity contribution is 0.00638. The van der Waals surface area contributed by atoms with E-state index in [0.717, 1.165) is 57.5 Å². The maximum absolute atomic E-state index is 13.8. The fourth-order valence-corrected chi connectivity index (χ4v) is 7.66. The van der Waals surface area contributed by atoms with Crippen molar-refractivity contribution in [2.45, 2.75) is 84.5 Å². The van der Waals surface area contributed by atoms with Gasteiger partial charge in [0.25, 0.3) is 5.91 Å². The number of nitrogens with zero attached hydrogens (tertiary/aromatic N) is 3. The van der Waals surface area contributed by atoms with E-state index >= 15 is 0 Å². The van der Waals surface area contributed by atoms with Crippen molar-refractivity contribution in [3.8, 4) is 16.9 Å². The molecular weight excluding hydrogens is 633 g/mol. The van der Waals surface area contributed by atoms with Crippen molar-refractivity contribution in [3.05, 3.63) is 101 Å². The number of thiazole rings is 1. The Balaban J connectivity index is 1.19. The van der Waals surface area contributed by atoms with Gasteiger partial charge in [-0.15, -0.1) is 0 Å². The zero-order chi connectivity index (χ0) is 34.1. The number of aromatic nitrogens is 2. The highest BCUT2D eigenvalue weighted by molar-refractivity contribution is 7.22. The van der Waals surface area contributed by atoms with E-state index in [2.05, 4.69) is 21.3 Å². The smallest absolute Gasteiger partial charge is 0.358 e. The number of ether oxygens (including phenoxy) is 2. The molecule has 7 rings (SSSR count). The van der Waals surface area contributed by atoms with Crippen molar-refractivity contribution in [2.75, 3.05) is 16.8 Å². The SMILES string of the molecule is Cc1c(OC2CCCCC2)cccc1-c1ccc(N2CCc3cccc(C(=O)Nc4nc5ccccc5s4)c3C2)nc1C(=O)OC(C)(C)C. The third kappa shape index (κ3) is 7.17. The summed E-state index contributed by atoms with van der Waals surface area (Å²) in [5.41, 5.74) is 5.68. The van der Waals surface area contributed by atoms with Crippen LogP contribution >= 0.6 is 11.3 Å². The van der Waals surface area contributed by atoms with Crippen LogP contribution < -0.4 is 15.0 Å². The summed E-state index contributed by atoms with van der Waals surface area (Å²) < 4.78 is 13.4. The number of pyridine rings is 1. The molecule has 9 heteroatoms. The minimum Gasteiger partial charge on any atom is -0.490 e. The van der Waals surface area contributed by atoms with E-state index in [9.17, 15) is 9.59 Å². The third-order valence-electron chi connectivity index (χ3n) is 9.25. The molecule has 3 heterocycles. The van der Waals surface area contributed by atoms with Gasteiger partial charge in [-0.25, -0.2) is 14.8 Å². The Hall–Kier alpha value is -4.76. The molecule has 0 bridgehead atoms. The Morgan fingerprint density at radius 2 is 1.69 bits per heavy atom. The number of esters is 1. The van der Waals surface area contributed by atoms with Crippen LogP contribution in [0.3, 0.4) is 0 Å². The number of hydrogen-bond donors (Lipinski definition) is 1. The molecule has 0 radical (unpaired) electrons. The average molecular weight is 675 g/mol. The number of nitrogens with one attached hydrogen (secondary N) is 1. The molecular formula is C40H42N4O4S. The van der Waals surface area contributed by atoms with Crippen molar-refractivity contribution >= 4 is 44.4 Å². The molecule has 0 saturated heterocycles. The number of rotatable bonds is 7. The van der Waals surface area contributed by atoms with Gasteiger partial charge in [0.15, 0.2) is 10.8 Å². The third-order valence-corrected chi connectivity index (χ3v) is 10.2. The van der Waals surface area contributed by atoms with Crippen molar-refractivity contribution in [1.82, 2.24) is 9.97 Å². The monoisotopic (exact) mass is 674 g/mol. The van der Waals surface area contributed by atoms with E-state index in [1.165, 1.54) is 30.6 Å². The van der Waals surface area contributed by atoms with Crippen LogP contribution in [0.5, 0.6) is 5.75 Å². The van der Waals surface area contributed by atoms with Crippen molar-refractivity contribution in [2.24, 2.45) is 0 Å². The van der Waals surface area contributed by atoms with Crippen molar-refractivity contribution in [1.29, 1.82) is 0 Å². The number of anilines is 2. The molecule has 1 amide bonds. The zero-order valence-corrected chi connectivity index (χ0v) is 29.4. The summed E-state index contributed by atoms with van der Waals surface area (Å²) in [5, 5.41) is 3.59. The van der Waals surface area contributed by atoms with E-state index in [0.29, 0.717) is 35.2 Å². The van der Waals surface area contributed by atoms with Gasteiger partial charge in [-0.3, -0.25) is 10.1 Å². The predicted molar refractivity (Wildman–Crippen MR) is 196 cm³/mol. The summed E-state index contributed by atoms with van der Waals surface area (Å²) in [6.45, 7) is 8.80. The second kappa shape index (κ2) is 13.6. The highest BCUT2D eigenvalue weighted by atomic mass is 32.1. The van der Waals surface area contributed by atoms with Crippen LogP contribution in [0.1, 0.15) is 90.4 Å². The van der Waals surface area contributed by atoms with Gasteiger partial charge in [-0.2, -0.15) is 0 Å². The van der Waals surface area contributed by atoms with Gasteiger partial charge in [0, 0.05) is 24.2 Å². The Labute approximate surface area is 291 Å². The Morgan fingerprint density at radius 3 is 2.49 bits per heavy atom. The Morgan fingerprint density at radius 1 is 0.898 bits per heavy atom. The zero-order valence-electron chi connectivity index (χ0n) is 28.5. The second-order valence-corrected chi connectivity index (χ2v) is 15.0. The van der Waals surface area contributed by atoms with Crippen LogP contribution in [0, 0.1) is 6.92 Å². The molecule has 8 nitrogen and oxygen atoms in total. The molecule has 1 N–H and O–H groups in total. The maximum atomic E-state index is 13.8. The number of amides is 1. The molecule has 2 aliphatic rings. The standard InChI is InChI=1S/C40H42N4O4S/c1-25-28(15-11-18-33(25)47-27-13-6-5-7-14-27)29-20-21-35(42-36(29)38(46)48-40(2,3)4)44-23-22-26-12-10-16-30(31(26)24-44)37(45)43-39-41-32-17-8-9-19-34(32)49-39/h8-12,15-21,27H,5-7,13-14,22-24H2,1-4H3,(H,41,43,45). The van der Waals surface area contributed by atoms with E-state index < -0.39 is 11.6 Å². The molecule has 0 spiro atoms. The normalized spacial score (nSPS) is 15.1. The lowest BCUT2D eigenvalue weighted by atomic mass is 9.94. The minimum atomic E-state index is -0.692. The molecule has 3 aromatic carbocycles. The maximum Gasteiger partial charge on any atom is 0.358 e. The fourth-order valence-electron chi connectivity index (χ4n) is 6.80. The highest BCUT2D eigenvalue weighted by Gasteiger charge is 2.28. The quantitative estimate of drug-likeness (QED) is 0.172. The first-order valence-electron chi connectivity index (χ1n) is 17.2.